The lowest BCUT2D eigenvalue weighted by Crippen LogP contribution is -2.30. The number of hydrogen-bond acceptors (Lipinski definition) is 6. The normalized spacial score (nSPS) is 14.0. The van der Waals surface area contributed by atoms with Crippen LogP contribution in [0.3, 0.4) is 0 Å². The van der Waals surface area contributed by atoms with Gasteiger partial charge in [-0.15, -0.1) is 0 Å². The number of amides is 4. The summed E-state index contributed by atoms with van der Waals surface area (Å²) in [5.41, 5.74) is 1.39. The molecule has 0 aromatic heterocycles. The second-order valence-electron chi connectivity index (χ2n) is 6.11. The minimum Gasteiger partial charge on any atom is -0.329 e. The lowest BCUT2D eigenvalue weighted by atomic mass is 10.1. The van der Waals surface area contributed by atoms with Crippen molar-refractivity contribution in [1.82, 2.24) is 15.1 Å². The Morgan fingerprint density at radius 1 is 1.17 bits per heavy atom. The number of nitrogens with zero attached hydrogens (tertiary/aromatic N) is 1. The minimum atomic E-state index is -3.81. The van der Waals surface area contributed by atoms with E-state index < -0.39 is 22.0 Å². The summed E-state index contributed by atoms with van der Waals surface area (Å²) < 4.78 is 23.7. The van der Waals surface area contributed by atoms with Gasteiger partial charge >= 0.3 is 6.03 Å². The van der Waals surface area contributed by atoms with Crippen LogP contribution in [0.25, 0.3) is 0 Å². The molecule has 0 aliphatic carbocycles. The molecule has 4 amide bonds. The van der Waals surface area contributed by atoms with Crippen LogP contribution in [0.5, 0.6) is 0 Å². The largest absolute Gasteiger partial charge is 0.329 e. The van der Waals surface area contributed by atoms with Crippen LogP contribution in [0.4, 0.5) is 10.5 Å². The van der Waals surface area contributed by atoms with Crippen molar-refractivity contribution in [2.24, 2.45) is 0 Å². The molecule has 0 spiro atoms. The van der Waals surface area contributed by atoms with Crippen molar-refractivity contribution in [3.8, 4) is 0 Å². The fraction of sp³-hybridized carbons (Fsp3) is 0.167. The summed E-state index contributed by atoms with van der Waals surface area (Å²) in [5.74, 6) is -0.761. The number of hydrogen-bond donors (Lipinski definition) is 3. The molecule has 29 heavy (non-hydrogen) atoms. The van der Waals surface area contributed by atoms with Crippen molar-refractivity contribution in [3.05, 3.63) is 59.7 Å². The van der Waals surface area contributed by atoms with Crippen molar-refractivity contribution in [1.29, 1.82) is 0 Å². The van der Waals surface area contributed by atoms with Crippen molar-refractivity contribution in [2.75, 3.05) is 19.0 Å². The Hall–Kier alpha value is -3.28. The molecule has 1 aliphatic rings. The third kappa shape index (κ3) is 4.77. The quantitative estimate of drug-likeness (QED) is 0.450. The Labute approximate surface area is 166 Å². The zero-order valence-electron chi connectivity index (χ0n) is 15.3. The molecule has 0 unspecified atom stereocenters. The highest BCUT2D eigenvalue weighted by Crippen LogP contribution is 2.16. The Morgan fingerprint density at radius 3 is 2.52 bits per heavy atom. The lowest BCUT2D eigenvalue weighted by molar-refractivity contribution is -0.125. The van der Waals surface area contributed by atoms with E-state index >= 15 is 0 Å². The average Bonchev–Trinajstić information content (AvgIpc) is 3.00. The van der Waals surface area contributed by atoms with E-state index in [0.717, 1.165) is 4.90 Å². The summed E-state index contributed by atoms with van der Waals surface area (Å²) in [6.45, 7) is 0.0638. The number of anilines is 1. The molecule has 3 rings (SSSR count). The lowest BCUT2D eigenvalue weighted by Gasteiger charge is -2.13. The molecule has 11 heteroatoms. The van der Waals surface area contributed by atoms with Crippen LogP contribution >= 0.6 is 0 Å². The number of sulfonamides is 1. The average molecular weight is 418 g/mol. The van der Waals surface area contributed by atoms with Crippen LogP contribution in [-0.4, -0.2) is 44.8 Å². The Balaban J connectivity index is 1.69. The maximum atomic E-state index is 12.4. The second kappa shape index (κ2) is 8.39. The van der Waals surface area contributed by atoms with E-state index in [9.17, 15) is 22.8 Å². The summed E-state index contributed by atoms with van der Waals surface area (Å²) in [7, 11) is -2.63. The molecule has 0 bridgehead atoms. The third-order valence-electron chi connectivity index (χ3n) is 4.08. The van der Waals surface area contributed by atoms with E-state index in [-0.39, 0.29) is 29.5 Å². The molecule has 1 fully saturated rings. The maximum Gasteiger partial charge on any atom is 0.324 e. The SMILES string of the molecule is CONS(=O)(=O)c1ccc(C(=O)Nc2cccc(CN3C(=O)CNC3=O)c2)cc1. The molecule has 0 radical (unpaired) electrons. The number of benzene rings is 2. The van der Waals surface area contributed by atoms with Crippen molar-refractivity contribution >= 4 is 33.6 Å². The van der Waals surface area contributed by atoms with Gasteiger partial charge in [-0.3, -0.25) is 19.3 Å². The summed E-state index contributed by atoms with van der Waals surface area (Å²) in [4.78, 5) is 43.1. The molecule has 0 saturated carbocycles. The van der Waals surface area contributed by atoms with Gasteiger partial charge in [-0.1, -0.05) is 17.0 Å². The van der Waals surface area contributed by atoms with Crippen LogP contribution < -0.4 is 15.5 Å². The van der Waals surface area contributed by atoms with Crippen LogP contribution in [0, 0.1) is 0 Å². The van der Waals surface area contributed by atoms with Gasteiger partial charge in [-0.25, -0.2) is 13.2 Å². The van der Waals surface area contributed by atoms with Gasteiger partial charge in [0.1, 0.15) is 0 Å². The first kappa shape index (κ1) is 20.5. The first-order valence-corrected chi connectivity index (χ1v) is 9.92. The number of imide groups is 1. The fourth-order valence-electron chi connectivity index (χ4n) is 2.69. The predicted molar refractivity (Wildman–Crippen MR) is 102 cm³/mol. The molecule has 0 atom stereocenters. The van der Waals surface area contributed by atoms with Crippen LogP contribution in [0.2, 0.25) is 0 Å². The van der Waals surface area contributed by atoms with E-state index in [2.05, 4.69) is 15.5 Å². The second-order valence-corrected chi connectivity index (χ2v) is 7.75. The molecule has 152 valence electrons. The van der Waals surface area contributed by atoms with Crippen molar-refractivity contribution in [3.63, 3.8) is 0 Å². The smallest absolute Gasteiger partial charge is 0.324 e. The highest BCUT2D eigenvalue weighted by Gasteiger charge is 2.28. The van der Waals surface area contributed by atoms with Gasteiger partial charge in [-0.2, -0.15) is 0 Å². The number of urea groups is 1. The zero-order valence-corrected chi connectivity index (χ0v) is 16.2. The van der Waals surface area contributed by atoms with E-state index in [0.29, 0.717) is 11.3 Å². The van der Waals surface area contributed by atoms with Gasteiger partial charge in [0.05, 0.1) is 25.1 Å². The van der Waals surface area contributed by atoms with Crippen LogP contribution in [0.1, 0.15) is 15.9 Å². The number of rotatable bonds is 7. The van der Waals surface area contributed by atoms with Gasteiger partial charge in [-0.05, 0) is 42.0 Å². The molecule has 10 nitrogen and oxygen atoms in total. The topological polar surface area (TPSA) is 134 Å². The highest BCUT2D eigenvalue weighted by molar-refractivity contribution is 7.89. The minimum absolute atomic E-state index is 0.0269. The summed E-state index contributed by atoms with van der Waals surface area (Å²) in [6, 6.07) is 11.6. The highest BCUT2D eigenvalue weighted by atomic mass is 32.2. The van der Waals surface area contributed by atoms with Crippen molar-refractivity contribution in [2.45, 2.75) is 11.4 Å². The van der Waals surface area contributed by atoms with Gasteiger partial charge in [0.25, 0.3) is 15.9 Å². The third-order valence-corrected chi connectivity index (χ3v) is 5.36. The Kier molecular flexibility index (Phi) is 5.92. The first-order valence-electron chi connectivity index (χ1n) is 8.43. The molecular formula is C18H18N4O6S. The Bertz CT molecular complexity index is 1040. The van der Waals surface area contributed by atoms with E-state index in [1.165, 1.54) is 31.4 Å². The van der Waals surface area contributed by atoms with E-state index in [1.54, 1.807) is 24.3 Å². The number of carbonyl (C=O) groups is 3. The predicted octanol–water partition coefficient (Wildman–Crippen LogP) is 0.830. The Morgan fingerprint density at radius 2 is 1.90 bits per heavy atom. The monoisotopic (exact) mass is 418 g/mol. The van der Waals surface area contributed by atoms with Gasteiger partial charge in [0.2, 0.25) is 5.91 Å². The molecule has 2 aromatic carbocycles. The number of carbonyl (C=O) groups excluding carboxylic acids is 3. The summed E-state index contributed by atoms with van der Waals surface area (Å²) >= 11 is 0. The summed E-state index contributed by atoms with van der Waals surface area (Å²) in [6.07, 6.45) is 0. The molecular weight excluding hydrogens is 400 g/mol. The molecule has 1 saturated heterocycles. The molecule has 2 aromatic rings. The van der Waals surface area contributed by atoms with Gasteiger partial charge in [0.15, 0.2) is 0 Å². The first-order chi connectivity index (χ1) is 13.8. The van der Waals surface area contributed by atoms with Crippen molar-refractivity contribution < 1.29 is 27.6 Å². The molecule has 1 heterocycles. The standard InChI is InChI=1S/C18H18N4O6S/c1-28-21-29(26,27)15-7-5-13(6-8-15)17(24)20-14-4-2-3-12(9-14)11-22-16(23)10-19-18(22)25/h2-9,21H,10-11H2,1H3,(H,19,25)(H,20,24). The van der Waals surface area contributed by atoms with E-state index in [4.69, 9.17) is 0 Å². The number of nitrogens with one attached hydrogen (secondary N) is 3. The van der Waals surface area contributed by atoms with Gasteiger partial charge in [0, 0.05) is 11.3 Å². The summed E-state index contributed by atoms with van der Waals surface area (Å²) in [5, 5.41) is 5.14. The van der Waals surface area contributed by atoms with E-state index in [1.807, 2.05) is 4.89 Å². The molecule has 1 aliphatic heterocycles. The van der Waals surface area contributed by atoms with Crippen LogP contribution in [-0.2, 0) is 26.2 Å². The molecule has 3 N–H and O–H groups in total. The fourth-order valence-corrected chi connectivity index (χ4v) is 3.50. The van der Waals surface area contributed by atoms with Gasteiger partial charge < -0.3 is 10.6 Å². The van der Waals surface area contributed by atoms with Crippen LogP contribution in [0.15, 0.2) is 53.4 Å². The maximum absolute atomic E-state index is 12.4. The zero-order chi connectivity index (χ0) is 21.0.